The molecule has 3 aromatic rings. The van der Waals surface area contributed by atoms with Crippen molar-refractivity contribution in [1.29, 1.82) is 0 Å². The topological polar surface area (TPSA) is 59.4 Å². The van der Waals surface area contributed by atoms with Gasteiger partial charge in [-0.05, 0) is 36.8 Å². The Hall–Kier alpha value is -2.40. The van der Waals surface area contributed by atoms with Crippen LogP contribution in [0.5, 0.6) is 10.9 Å². The van der Waals surface area contributed by atoms with Gasteiger partial charge in [-0.2, -0.15) is 0 Å². The molecule has 0 spiro atoms. The molecule has 0 atom stereocenters. The lowest BCUT2D eigenvalue weighted by atomic mass is 10.1. The number of carboxylic acids is 1. The molecule has 2 aromatic carbocycles. The van der Waals surface area contributed by atoms with Crippen molar-refractivity contribution in [2.75, 3.05) is 0 Å². The molecule has 5 heteroatoms. The zero-order valence-electron chi connectivity index (χ0n) is 10.7. The SMILES string of the molecule is Cc1ccc(C(=O)O)cc1Oc1nc2ccccc2s1. The van der Waals surface area contributed by atoms with Crippen LogP contribution in [0.1, 0.15) is 15.9 Å². The molecule has 0 bridgehead atoms. The molecule has 0 aliphatic heterocycles. The van der Waals surface area contributed by atoms with Crippen LogP contribution in [-0.2, 0) is 0 Å². The average Bonchev–Trinajstić information content (AvgIpc) is 2.83. The predicted molar refractivity (Wildman–Crippen MR) is 77.8 cm³/mol. The first-order valence-electron chi connectivity index (χ1n) is 6.01. The second kappa shape index (κ2) is 4.94. The Kier molecular flexibility index (Phi) is 3.12. The van der Waals surface area contributed by atoms with E-state index in [9.17, 15) is 4.79 Å². The van der Waals surface area contributed by atoms with Crippen molar-refractivity contribution in [1.82, 2.24) is 4.98 Å². The fraction of sp³-hybridized carbons (Fsp3) is 0.0667. The monoisotopic (exact) mass is 285 g/mol. The molecule has 0 fully saturated rings. The summed E-state index contributed by atoms with van der Waals surface area (Å²) in [4.78, 5) is 15.4. The maximum absolute atomic E-state index is 11.0. The number of rotatable bonds is 3. The summed E-state index contributed by atoms with van der Waals surface area (Å²) in [5.41, 5.74) is 1.94. The van der Waals surface area contributed by atoms with Crippen LogP contribution >= 0.6 is 11.3 Å². The fourth-order valence-corrected chi connectivity index (χ4v) is 2.66. The maximum Gasteiger partial charge on any atom is 0.335 e. The highest BCUT2D eigenvalue weighted by molar-refractivity contribution is 7.20. The van der Waals surface area contributed by atoms with Crippen molar-refractivity contribution in [2.45, 2.75) is 6.92 Å². The van der Waals surface area contributed by atoms with Crippen molar-refractivity contribution in [3.63, 3.8) is 0 Å². The lowest BCUT2D eigenvalue weighted by Crippen LogP contribution is -1.97. The Morgan fingerprint density at radius 3 is 2.80 bits per heavy atom. The molecule has 0 aliphatic rings. The molecule has 0 saturated heterocycles. The summed E-state index contributed by atoms with van der Waals surface area (Å²) in [5.74, 6) is -0.455. The van der Waals surface area contributed by atoms with Crippen LogP contribution in [0.2, 0.25) is 0 Å². The Bertz CT molecular complexity index is 762. The van der Waals surface area contributed by atoms with Crippen LogP contribution in [0.25, 0.3) is 10.2 Å². The predicted octanol–water partition coefficient (Wildman–Crippen LogP) is 4.10. The first-order chi connectivity index (χ1) is 9.63. The summed E-state index contributed by atoms with van der Waals surface area (Å²) >= 11 is 1.43. The molecule has 1 aromatic heterocycles. The Morgan fingerprint density at radius 1 is 1.25 bits per heavy atom. The minimum absolute atomic E-state index is 0.201. The second-order valence-electron chi connectivity index (χ2n) is 4.33. The molecule has 1 N–H and O–H groups in total. The van der Waals surface area contributed by atoms with E-state index in [2.05, 4.69) is 4.98 Å². The molecular formula is C15H11NO3S. The lowest BCUT2D eigenvalue weighted by Gasteiger charge is -2.06. The molecule has 0 amide bonds. The standard InChI is InChI=1S/C15H11NO3S/c1-9-6-7-10(14(17)18)8-12(9)19-15-16-11-4-2-3-5-13(11)20-15/h2-8H,1H3,(H,17,18). The number of nitrogens with zero attached hydrogens (tertiary/aromatic N) is 1. The van der Waals surface area contributed by atoms with Gasteiger partial charge in [0, 0.05) is 0 Å². The summed E-state index contributed by atoms with van der Waals surface area (Å²) in [5, 5.41) is 9.52. The number of aromatic nitrogens is 1. The number of ether oxygens (including phenoxy) is 1. The van der Waals surface area contributed by atoms with Crippen LogP contribution < -0.4 is 4.74 Å². The molecule has 4 nitrogen and oxygen atoms in total. The minimum atomic E-state index is -0.973. The van der Waals surface area contributed by atoms with Gasteiger partial charge in [0.1, 0.15) is 5.75 Å². The van der Waals surface area contributed by atoms with Gasteiger partial charge >= 0.3 is 5.97 Å². The highest BCUT2D eigenvalue weighted by Gasteiger charge is 2.10. The van der Waals surface area contributed by atoms with E-state index in [0.717, 1.165) is 15.8 Å². The Morgan fingerprint density at radius 2 is 2.05 bits per heavy atom. The van der Waals surface area contributed by atoms with Gasteiger partial charge in [-0.3, -0.25) is 0 Å². The van der Waals surface area contributed by atoms with Crippen molar-refractivity contribution >= 4 is 27.5 Å². The van der Waals surface area contributed by atoms with E-state index in [0.29, 0.717) is 10.9 Å². The van der Waals surface area contributed by atoms with E-state index in [-0.39, 0.29) is 5.56 Å². The van der Waals surface area contributed by atoms with Gasteiger partial charge in [0.2, 0.25) is 0 Å². The third-order valence-electron chi connectivity index (χ3n) is 2.91. The number of hydrogen-bond donors (Lipinski definition) is 1. The van der Waals surface area contributed by atoms with Gasteiger partial charge in [-0.15, -0.1) is 0 Å². The zero-order valence-corrected chi connectivity index (χ0v) is 11.5. The number of benzene rings is 2. The normalized spacial score (nSPS) is 10.7. The quantitative estimate of drug-likeness (QED) is 0.787. The smallest absolute Gasteiger partial charge is 0.335 e. The van der Waals surface area contributed by atoms with Gasteiger partial charge in [-0.1, -0.05) is 29.5 Å². The number of fused-ring (bicyclic) bond motifs is 1. The molecule has 0 saturated carbocycles. The van der Waals surface area contributed by atoms with Crippen LogP contribution in [0.3, 0.4) is 0 Å². The highest BCUT2D eigenvalue weighted by atomic mass is 32.1. The molecule has 1 heterocycles. The van der Waals surface area contributed by atoms with Gasteiger partial charge in [0.15, 0.2) is 0 Å². The highest BCUT2D eigenvalue weighted by Crippen LogP contribution is 2.32. The van der Waals surface area contributed by atoms with Gasteiger partial charge in [0.25, 0.3) is 5.19 Å². The lowest BCUT2D eigenvalue weighted by molar-refractivity contribution is 0.0696. The second-order valence-corrected chi connectivity index (χ2v) is 5.33. The Labute approximate surface area is 119 Å². The van der Waals surface area contributed by atoms with Crippen molar-refractivity contribution in [3.8, 4) is 10.9 Å². The van der Waals surface area contributed by atoms with Gasteiger partial charge in [-0.25, -0.2) is 9.78 Å². The third-order valence-corrected chi connectivity index (χ3v) is 3.82. The van der Waals surface area contributed by atoms with E-state index >= 15 is 0 Å². The first kappa shape index (κ1) is 12.6. The number of aromatic carboxylic acids is 1. The van der Waals surface area contributed by atoms with Crippen LogP contribution in [0, 0.1) is 6.92 Å². The van der Waals surface area contributed by atoms with Gasteiger partial charge < -0.3 is 9.84 Å². The molecule has 0 unspecified atom stereocenters. The number of thiazole rings is 1. The third kappa shape index (κ3) is 2.35. The number of hydrogen-bond acceptors (Lipinski definition) is 4. The minimum Gasteiger partial charge on any atom is -0.478 e. The number of carbonyl (C=O) groups is 1. The molecule has 0 aliphatic carbocycles. The van der Waals surface area contributed by atoms with Crippen LogP contribution in [-0.4, -0.2) is 16.1 Å². The van der Waals surface area contributed by atoms with Crippen LogP contribution in [0.15, 0.2) is 42.5 Å². The number of aryl methyl sites for hydroxylation is 1. The zero-order chi connectivity index (χ0) is 14.1. The largest absolute Gasteiger partial charge is 0.478 e. The molecule has 3 rings (SSSR count). The summed E-state index contributed by atoms with van der Waals surface area (Å²) in [6.45, 7) is 1.87. The van der Waals surface area contributed by atoms with E-state index in [1.165, 1.54) is 17.4 Å². The van der Waals surface area contributed by atoms with Gasteiger partial charge in [0.05, 0.1) is 15.8 Å². The molecule has 0 radical (unpaired) electrons. The fourth-order valence-electron chi connectivity index (χ4n) is 1.83. The number of carboxylic acid groups (broad SMARTS) is 1. The van der Waals surface area contributed by atoms with E-state index in [4.69, 9.17) is 9.84 Å². The van der Waals surface area contributed by atoms with E-state index in [1.54, 1.807) is 12.1 Å². The van der Waals surface area contributed by atoms with Crippen molar-refractivity contribution < 1.29 is 14.6 Å². The summed E-state index contributed by atoms with van der Waals surface area (Å²) < 4.78 is 6.77. The maximum atomic E-state index is 11.0. The first-order valence-corrected chi connectivity index (χ1v) is 6.82. The number of para-hydroxylation sites is 1. The molecule has 100 valence electrons. The summed E-state index contributed by atoms with van der Waals surface area (Å²) in [6, 6.07) is 12.6. The molecular weight excluding hydrogens is 274 g/mol. The molecule has 20 heavy (non-hydrogen) atoms. The van der Waals surface area contributed by atoms with E-state index < -0.39 is 5.97 Å². The van der Waals surface area contributed by atoms with Crippen molar-refractivity contribution in [2.24, 2.45) is 0 Å². The van der Waals surface area contributed by atoms with E-state index in [1.807, 2.05) is 31.2 Å². The summed E-state index contributed by atoms with van der Waals surface area (Å²) in [7, 11) is 0. The van der Waals surface area contributed by atoms with Crippen molar-refractivity contribution in [3.05, 3.63) is 53.6 Å². The summed E-state index contributed by atoms with van der Waals surface area (Å²) in [6.07, 6.45) is 0. The average molecular weight is 285 g/mol. The van der Waals surface area contributed by atoms with Crippen LogP contribution in [0.4, 0.5) is 0 Å². The Balaban J connectivity index is 1.97.